The fraction of sp³-hybridized carbons (Fsp3) is 0.368. The predicted molar refractivity (Wildman–Crippen MR) is 94.5 cm³/mol. The van der Waals surface area contributed by atoms with Crippen LogP contribution < -0.4 is 5.73 Å². The first-order chi connectivity index (χ1) is 12.0. The van der Waals surface area contributed by atoms with E-state index in [-0.39, 0.29) is 29.8 Å². The second-order valence-corrected chi connectivity index (χ2v) is 8.46. The Balaban J connectivity index is 2.06. The molecule has 4 nitrogen and oxygen atoms in total. The third kappa shape index (κ3) is 3.10. The Labute approximate surface area is 147 Å². The Morgan fingerprint density at radius 2 is 1.88 bits per heavy atom. The summed E-state index contributed by atoms with van der Waals surface area (Å²) in [6.07, 6.45) is 0. The van der Waals surface area contributed by atoms with Crippen molar-refractivity contribution >= 4 is 9.84 Å². The highest BCUT2D eigenvalue weighted by Gasteiger charge is 2.70. The molecule has 2 aromatic rings. The molecule has 1 aliphatic rings. The molecule has 2 N–H and O–H groups in total. The number of hydrogen-bond acceptors (Lipinski definition) is 4. The van der Waals surface area contributed by atoms with E-state index in [1.807, 2.05) is 6.92 Å². The smallest absolute Gasteiger partial charge is 0.182 e. The highest BCUT2D eigenvalue weighted by molar-refractivity contribution is 7.92. The Bertz CT molecular complexity index is 841. The van der Waals surface area contributed by atoms with E-state index in [4.69, 9.17) is 10.5 Å². The summed E-state index contributed by atoms with van der Waals surface area (Å²) >= 11 is 0. The number of benzene rings is 2. The van der Waals surface area contributed by atoms with Gasteiger partial charge in [-0.05, 0) is 36.8 Å². The molecular weight excluding hydrogens is 341 g/mol. The van der Waals surface area contributed by atoms with Gasteiger partial charge in [-0.3, -0.25) is 0 Å². The van der Waals surface area contributed by atoms with Gasteiger partial charge in [0.1, 0.15) is 5.82 Å². The standard InChI is InChI=1S/C19H22FNO3S/c1-2-24-13-19(12-21)17(14-7-6-8-15(20)11-14)18(19)25(22,23)16-9-4-3-5-10-16/h3-11,17-18H,2,12-13,21H2,1H3/t17-,18-,19-/m1/s1. The molecule has 0 aliphatic heterocycles. The van der Waals surface area contributed by atoms with Gasteiger partial charge in [-0.1, -0.05) is 30.3 Å². The number of sulfone groups is 1. The molecule has 0 unspecified atom stereocenters. The van der Waals surface area contributed by atoms with Crippen LogP contribution in [0.15, 0.2) is 59.5 Å². The average molecular weight is 363 g/mol. The third-order valence-corrected chi connectivity index (χ3v) is 7.29. The van der Waals surface area contributed by atoms with Crippen molar-refractivity contribution in [2.45, 2.75) is 23.0 Å². The molecule has 1 saturated carbocycles. The normalized spacial score (nSPS) is 25.7. The second kappa shape index (κ2) is 6.86. The lowest BCUT2D eigenvalue weighted by Gasteiger charge is -2.16. The van der Waals surface area contributed by atoms with Crippen LogP contribution in [-0.4, -0.2) is 33.4 Å². The lowest BCUT2D eigenvalue weighted by molar-refractivity contribution is 0.101. The van der Waals surface area contributed by atoms with Crippen LogP contribution in [0.4, 0.5) is 4.39 Å². The summed E-state index contributed by atoms with van der Waals surface area (Å²) in [6, 6.07) is 14.4. The molecule has 1 aliphatic carbocycles. The molecular formula is C19H22FNO3S. The first kappa shape index (κ1) is 18.0. The molecule has 0 bridgehead atoms. The van der Waals surface area contributed by atoms with Crippen molar-refractivity contribution < 1.29 is 17.5 Å². The quantitative estimate of drug-likeness (QED) is 0.821. The molecule has 25 heavy (non-hydrogen) atoms. The fourth-order valence-corrected chi connectivity index (χ4v) is 6.14. The highest BCUT2D eigenvalue weighted by Crippen LogP contribution is 2.63. The minimum atomic E-state index is -3.61. The van der Waals surface area contributed by atoms with Crippen LogP contribution in [0.2, 0.25) is 0 Å². The van der Waals surface area contributed by atoms with Gasteiger partial charge >= 0.3 is 0 Å². The lowest BCUT2D eigenvalue weighted by atomic mass is 10.00. The van der Waals surface area contributed by atoms with E-state index in [0.717, 1.165) is 0 Å². The number of rotatable bonds is 7. The SMILES string of the molecule is CCOC[C@]1(CN)[C@H](c2cccc(F)c2)[C@H]1S(=O)(=O)c1ccccc1. The first-order valence-electron chi connectivity index (χ1n) is 8.29. The Morgan fingerprint density at radius 1 is 1.16 bits per heavy atom. The van der Waals surface area contributed by atoms with Crippen molar-refractivity contribution in [3.8, 4) is 0 Å². The van der Waals surface area contributed by atoms with E-state index < -0.39 is 20.5 Å². The summed E-state index contributed by atoms with van der Waals surface area (Å²) in [7, 11) is -3.61. The minimum Gasteiger partial charge on any atom is -0.381 e. The van der Waals surface area contributed by atoms with Gasteiger partial charge < -0.3 is 10.5 Å². The monoisotopic (exact) mass is 363 g/mol. The Morgan fingerprint density at radius 3 is 2.48 bits per heavy atom. The molecule has 0 saturated heterocycles. The number of hydrogen-bond donors (Lipinski definition) is 1. The predicted octanol–water partition coefficient (Wildman–Crippen LogP) is 2.75. The maximum atomic E-state index is 13.7. The first-order valence-corrected chi connectivity index (χ1v) is 9.84. The Kier molecular flexibility index (Phi) is 4.95. The van der Waals surface area contributed by atoms with Crippen molar-refractivity contribution in [3.05, 3.63) is 66.0 Å². The van der Waals surface area contributed by atoms with Crippen LogP contribution in [0.3, 0.4) is 0 Å². The topological polar surface area (TPSA) is 69.4 Å². The molecule has 0 heterocycles. The van der Waals surface area contributed by atoms with Crippen LogP contribution in [0.25, 0.3) is 0 Å². The number of nitrogens with two attached hydrogens (primary N) is 1. The van der Waals surface area contributed by atoms with E-state index in [9.17, 15) is 12.8 Å². The van der Waals surface area contributed by atoms with Crippen molar-refractivity contribution in [1.82, 2.24) is 0 Å². The zero-order valence-electron chi connectivity index (χ0n) is 14.1. The summed E-state index contributed by atoms with van der Waals surface area (Å²) < 4.78 is 45.6. The van der Waals surface area contributed by atoms with Gasteiger partial charge in [0, 0.05) is 24.5 Å². The Hall–Kier alpha value is -1.76. The van der Waals surface area contributed by atoms with E-state index in [0.29, 0.717) is 12.2 Å². The summed E-state index contributed by atoms with van der Waals surface area (Å²) in [4.78, 5) is 0.258. The van der Waals surface area contributed by atoms with Gasteiger partial charge in [0.25, 0.3) is 0 Å². The molecule has 0 radical (unpaired) electrons. The molecule has 2 aromatic carbocycles. The molecule has 0 amide bonds. The van der Waals surface area contributed by atoms with Crippen molar-refractivity contribution in [1.29, 1.82) is 0 Å². The van der Waals surface area contributed by atoms with Crippen molar-refractivity contribution in [3.63, 3.8) is 0 Å². The van der Waals surface area contributed by atoms with Gasteiger partial charge in [-0.15, -0.1) is 0 Å². The van der Waals surface area contributed by atoms with Gasteiger partial charge in [0.15, 0.2) is 9.84 Å². The third-order valence-electron chi connectivity index (χ3n) is 4.95. The van der Waals surface area contributed by atoms with Crippen molar-refractivity contribution in [2.24, 2.45) is 11.1 Å². The minimum absolute atomic E-state index is 0.158. The summed E-state index contributed by atoms with van der Waals surface area (Å²) in [5.74, 6) is -0.771. The molecule has 6 heteroatoms. The molecule has 0 aromatic heterocycles. The molecule has 3 rings (SSSR count). The summed E-state index contributed by atoms with van der Waals surface area (Å²) in [5.41, 5.74) is 5.91. The summed E-state index contributed by atoms with van der Waals surface area (Å²) in [5, 5.41) is -0.722. The van der Waals surface area contributed by atoms with Crippen molar-refractivity contribution in [2.75, 3.05) is 19.8 Å². The van der Waals surface area contributed by atoms with E-state index in [1.54, 1.807) is 42.5 Å². The highest BCUT2D eigenvalue weighted by atomic mass is 32.2. The van der Waals surface area contributed by atoms with Crippen LogP contribution >= 0.6 is 0 Å². The maximum Gasteiger partial charge on any atom is 0.182 e. The summed E-state index contributed by atoms with van der Waals surface area (Å²) in [6.45, 7) is 2.71. The van der Waals surface area contributed by atoms with E-state index in [1.165, 1.54) is 12.1 Å². The van der Waals surface area contributed by atoms with Crippen LogP contribution in [-0.2, 0) is 14.6 Å². The largest absolute Gasteiger partial charge is 0.381 e. The molecule has 3 atom stereocenters. The number of halogens is 1. The van der Waals surface area contributed by atoms with E-state index >= 15 is 0 Å². The lowest BCUT2D eigenvalue weighted by Crippen LogP contribution is -2.29. The average Bonchev–Trinajstić information content (AvgIpc) is 3.31. The second-order valence-electron chi connectivity index (χ2n) is 6.39. The van der Waals surface area contributed by atoms with Crippen LogP contribution in [0, 0.1) is 11.2 Å². The number of ether oxygens (including phenoxy) is 1. The molecule has 0 spiro atoms. The molecule has 1 fully saturated rings. The van der Waals surface area contributed by atoms with Gasteiger partial charge in [-0.2, -0.15) is 0 Å². The van der Waals surface area contributed by atoms with Gasteiger partial charge in [0.2, 0.25) is 0 Å². The maximum absolute atomic E-state index is 13.7. The van der Waals surface area contributed by atoms with Gasteiger partial charge in [-0.25, -0.2) is 12.8 Å². The van der Waals surface area contributed by atoms with Crippen LogP contribution in [0.5, 0.6) is 0 Å². The van der Waals surface area contributed by atoms with Crippen LogP contribution in [0.1, 0.15) is 18.4 Å². The van der Waals surface area contributed by atoms with E-state index in [2.05, 4.69) is 0 Å². The fourth-order valence-electron chi connectivity index (χ4n) is 3.67. The molecule has 134 valence electrons. The zero-order valence-corrected chi connectivity index (χ0v) is 14.9. The van der Waals surface area contributed by atoms with Gasteiger partial charge in [0.05, 0.1) is 16.8 Å². The zero-order chi connectivity index (χ0) is 18.1.